The zero-order valence-corrected chi connectivity index (χ0v) is 18.0. The Bertz CT molecular complexity index is 1330. The molecule has 32 heavy (non-hydrogen) atoms. The lowest BCUT2D eigenvalue weighted by Gasteiger charge is -2.27. The van der Waals surface area contributed by atoms with Crippen LogP contribution in [0, 0.1) is 5.41 Å². The number of nitrogens with zero attached hydrogens (tertiary/aromatic N) is 4. The Morgan fingerprint density at radius 3 is 2.53 bits per heavy atom. The number of fused-ring (bicyclic) bond motifs is 2. The molecule has 1 saturated carbocycles. The van der Waals surface area contributed by atoms with Gasteiger partial charge in [0.2, 0.25) is 0 Å². The van der Waals surface area contributed by atoms with Crippen LogP contribution in [0.3, 0.4) is 0 Å². The lowest BCUT2D eigenvalue weighted by Crippen LogP contribution is -2.38. The standard InChI is InChI=1S/C19H22N6O6S/c1-17(2)18(26)11(8-30-32(21,28)29)31-16(19(17,18)27)25-9-22-12-13(20)23-14(24-15(12)25)10-6-4-3-5-7-10/h3-7,9,11,16,26-27H,8H2,1-2H3,(H2,20,23,24)(H2,21,28,29)/t11-,16-,18+,19-/m1/s1. The van der Waals surface area contributed by atoms with Gasteiger partial charge in [-0.1, -0.05) is 44.2 Å². The van der Waals surface area contributed by atoms with Crippen molar-refractivity contribution in [2.45, 2.75) is 37.4 Å². The first kappa shape index (κ1) is 21.2. The van der Waals surface area contributed by atoms with Crippen LogP contribution in [0.15, 0.2) is 36.7 Å². The molecule has 13 heteroatoms. The van der Waals surface area contributed by atoms with E-state index < -0.39 is 45.9 Å². The predicted octanol–water partition coefficient (Wildman–Crippen LogP) is -0.305. The van der Waals surface area contributed by atoms with Gasteiger partial charge >= 0.3 is 10.3 Å². The fourth-order valence-electron chi connectivity index (χ4n) is 4.80. The second-order valence-electron chi connectivity index (χ2n) is 8.53. The molecule has 2 aromatic heterocycles. The molecule has 3 aromatic rings. The molecule has 0 bridgehead atoms. The van der Waals surface area contributed by atoms with Crippen molar-refractivity contribution in [2.24, 2.45) is 10.6 Å². The summed E-state index contributed by atoms with van der Waals surface area (Å²) in [6.07, 6.45) is -0.958. The van der Waals surface area contributed by atoms with E-state index in [-0.39, 0.29) is 11.5 Å². The lowest BCUT2D eigenvalue weighted by molar-refractivity contribution is -0.120. The zero-order chi connectivity index (χ0) is 23.1. The third kappa shape index (κ3) is 2.60. The Kier molecular flexibility index (Phi) is 4.26. The molecule has 1 aliphatic heterocycles. The third-order valence-corrected chi connectivity index (χ3v) is 7.12. The van der Waals surface area contributed by atoms with E-state index in [1.807, 2.05) is 30.3 Å². The number of anilines is 1. The molecule has 0 radical (unpaired) electrons. The summed E-state index contributed by atoms with van der Waals surface area (Å²) in [5, 5.41) is 27.6. The first-order valence-corrected chi connectivity index (χ1v) is 11.2. The molecule has 3 heterocycles. The van der Waals surface area contributed by atoms with Gasteiger partial charge in [0.15, 0.2) is 23.5 Å². The van der Waals surface area contributed by atoms with Gasteiger partial charge in [-0.3, -0.25) is 8.75 Å². The van der Waals surface area contributed by atoms with Gasteiger partial charge in [0.1, 0.15) is 22.8 Å². The molecule has 0 spiro atoms. The van der Waals surface area contributed by atoms with E-state index in [2.05, 4.69) is 19.1 Å². The number of ether oxygens (including phenoxy) is 1. The highest BCUT2D eigenvalue weighted by Gasteiger charge is 2.92. The summed E-state index contributed by atoms with van der Waals surface area (Å²) < 4.78 is 34.5. The molecular formula is C19H22N6O6S. The Morgan fingerprint density at radius 2 is 1.88 bits per heavy atom. The maximum atomic E-state index is 11.5. The normalized spacial score (nSPS) is 31.0. The van der Waals surface area contributed by atoms with Crippen LogP contribution in [0.5, 0.6) is 0 Å². The van der Waals surface area contributed by atoms with Crippen molar-refractivity contribution in [1.82, 2.24) is 19.5 Å². The van der Waals surface area contributed by atoms with Gasteiger partial charge in [-0.15, -0.1) is 0 Å². The number of aromatic nitrogens is 4. The van der Waals surface area contributed by atoms with Gasteiger partial charge < -0.3 is 20.7 Å². The monoisotopic (exact) mass is 462 g/mol. The number of hydrogen-bond donors (Lipinski definition) is 4. The van der Waals surface area contributed by atoms with Crippen LogP contribution in [0.1, 0.15) is 20.1 Å². The van der Waals surface area contributed by atoms with Gasteiger partial charge in [-0.05, 0) is 0 Å². The molecule has 1 saturated heterocycles. The number of nitrogen functional groups attached to an aromatic ring is 1. The van der Waals surface area contributed by atoms with E-state index in [0.29, 0.717) is 11.3 Å². The maximum absolute atomic E-state index is 11.5. The van der Waals surface area contributed by atoms with Crippen molar-refractivity contribution in [3.63, 3.8) is 0 Å². The Balaban J connectivity index is 1.60. The molecule has 5 rings (SSSR count). The molecule has 1 aromatic carbocycles. The quantitative estimate of drug-likeness (QED) is 0.391. The highest BCUT2D eigenvalue weighted by atomic mass is 32.2. The minimum Gasteiger partial charge on any atom is -0.383 e. The van der Waals surface area contributed by atoms with Crippen LogP contribution in [0.2, 0.25) is 0 Å². The maximum Gasteiger partial charge on any atom is 0.333 e. The zero-order valence-electron chi connectivity index (χ0n) is 17.2. The molecule has 4 atom stereocenters. The Hall–Kier alpha value is -2.68. The van der Waals surface area contributed by atoms with Crippen molar-refractivity contribution in [3.05, 3.63) is 36.7 Å². The Morgan fingerprint density at radius 1 is 1.19 bits per heavy atom. The SMILES string of the molecule is CC1(C)[C@]2(O)[C@H](n3cnc4c(N)nc(-c5ccccc5)nc43)O[C@H](COS(N)(=O)=O)[C@]12O. The van der Waals surface area contributed by atoms with Crippen molar-refractivity contribution in [1.29, 1.82) is 0 Å². The summed E-state index contributed by atoms with van der Waals surface area (Å²) in [6.45, 7) is 2.71. The van der Waals surface area contributed by atoms with Crippen LogP contribution < -0.4 is 10.9 Å². The van der Waals surface area contributed by atoms with Crippen molar-refractivity contribution in [3.8, 4) is 11.4 Å². The summed E-state index contributed by atoms with van der Waals surface area (Å²) >= 11 is 0. The fourth-order valence-corrected chi connectivity index (χ4v) is 5.12. The van der Waals surface area contributed by atoms with Crippen LogP contribution in [-0.2, 0) is 19.2 Å². The Labute approximate surface area is 183 Å². The highest BCUT2D eigenvalue weighted by Crippen LogP contribution is 2.75. The van der Waals surface area contributed by atoms with E-state index in [1.54, 1.807) is 13.8 Å². The van der Waals surface area contributed by atoms with E-state index in [1.165, 1.54) is 10.9 Å². The molecule has 2 aliphatic rings. The molecule has 12 nitrogen and oxygen atoms in total. The minimum absolute atomic E-state index is 0.136. The number of aliphatic hydroxyl groups is 2. The van der Waals surface area contributed by atoms with Crippen LogP contribution in [0.4, 0.5) is 5.82 Å². The third-order valence-electron chi connectivity index (χ3n) is 6.66. The average molecular weight is 462 g/mol. The molecule has 2 fully saturated rings. The molecule has 1 aliphatic carbocycles. The second-order valence-corrected chi connectivity index (χ2v) is 9.76. The number of benzene rings is 1. The van der Waals surface area contributed by atoms with Crippen LogP contribution in [0.25, 0.3) is 22.6 Å². The van der Waals surface area contributed by atoms with Crippen LogP contribution >= 0.6 is 0 Å². The van der Waals surface area contributed by atoms with Gasteiger partial charge in [0.25, 0.3) is 0 Å². The number of rotatable bonds is 5. The second kappa shape index (κ2) is 6.43. The average Bonchev–Trinajstić information content (AvgIpc) is 3.08. The molecule has 0 amide bonds. The summed E-state index contributed by atoms with van der Waals surface area (Å²) in [5.74, 6) is 0.485. The summed E-state index contributed by atoms with van der Waals surface area (Å²) in [4.78, 5) is 13.1. The summed E-state index contributed by atoms with van der Waals surface area (Å²) in [5.41, 5.74) is 2.76. The number of hydrogen-bond acceptors (Lipinski definition) is 10. The van der Waals surface area contributed by atoms with Crippen molar-refractivity contribution in [2.75, 3.05) is 12.3 Å². The largest absolute Gasteiger partial charge is 0.383 e. The molecule has 170 valence electrons. The fraction of sp³-hybridized carbons (Fsp3) is 0.421. The first-order chi connectivity index (χ1) is 14.9. The number of nitrogens with two attached hydrogens (primary N) is 2. The van der Waals surface area contributed by atoms with E-state index in [9.17, 15) is 18.6 Å². The van der Waals surface area contributed by atoms with Gasteiger partial charge in [0, 0.05) is 11.0 Å². The van der Waals surface area contributed by atoms with E-state index in [4.69, 9.17) is 15.6 Å². The van der Waals surface area contributed by atoms with Gasteiger partial charge in [-0.25, -0.2) is 20.1 Å². The van der Waals surface area contributed by atoms with Crippen molar-refractivity contribution < 1.29 is 27.6 Å². The topological polar surface area (TPSA) is 189 Å². The first-order valence-electron chi connectivity index (χ1n) is 9.74. The van der Waals surface area contributed by atoms with E-state index >= 15 is 0 Å². The molecular weight excluding hydrogens is 440 g/mol. The van der Waals surface area contributed by atoms with Crippen LogP contribution in [-0.4, -0.2) is 62.1 Å². The number of imidazole rings is 1. The summed E-state index contributed by atoms with van der Waals surface area (Å²) in [6, 6.07) is 9.18. The van der Waals surface area contributed by atoms with E-state index in [0.717, 1.165) is 5.56 Å². The van der Waals surface area contributed by atoms with Gasteiger partial charge in [0.05, 0.1) is 12.9 Å². The van der Waals surface area contributed by atoms with Crippen molar-refractivity contribution >= 4 is 27.3 Å². The molecule has 6 N–H and O–H groups in total. The smallest absolute Gasteiger partial charge is 0.333 e. The summed E-state index contributed by atoms with van der Waals surface area (Å²) in [7, 11) is -4.28. The highest BCUT2D eigenvalue weighted by molar-refractivity contribution is 7.84. The lowest BCUT2D eigenvalue weighted by atomic mass is 10.0. The predicted molar refractivity (Wildman–Crippen MR) is 112 cm³/mol. The molecule has 0 unspecified atom stereocenters. The van der Waals surface area contributed by atoms with Gasteiger partial charge in [-0.2, -0.15) is 8.42 Å². The minimum atomic E-state index is -4.28.